The number of hydrogen-bond donors (Lipinski definition) is 0. The maximum Gasteiger partial charge on any atom is 0.415 e. The number of aryl methyl sites for hydroxylation is 1. The minimum atomic E-state index is -3.62. The zero-order valence-electron chi connectivity index (χ0n) is 15.5. The van der Waals surface area contributed by atoms with Gasteiger partial charge in [0.25, 0.3) is 10.1 Å². The number of nitrogens with zero attached hydrogens (tertiary/aromatic N) is 2. The highest BCUT2D eigenvalue weighted by Gasteiger charge is 2.35. The molecule has 1 fully saturated rings. The van der Waals surface area contributed by atoms with Gasteiger partial charge in [-0.05, 0) is 43.5 Å². The van der Waals surface area contributed by atoms with E-state index in [2.05, 4.69) is 4.98 Å². The molecule has 1 amide bonds. The van der Waals surface area contributed by atoms with Crippen LogP contribution in [0.15, 0.2) is 42.5 Å². The monoisotopic (exact) mass is 390 g/mol. The maximum atomic E-state index is 12.3. The molecule has 0 radical (unpaired) electrons. The first-order valence-corrected chi connectivity index (χ1v) is 10.4. The van der Waals surface area contributed by atoms with Crippen molar-refractivity contribution in [2.45, 2.75) is 32.4 Å². The molecule has 0 aliphatic carbocycles. The van der Waals surface area contributed by atoms with Crippen LogP contribution in [0.2, 0.25) is 0 Å². The average molecular weight is 390 g/mol. The van der Waals surface area contributed by atoms with Gasteiger partial charge in [0.05, 0.1) is 18.0 Å². The van der Waals surface area contributed by atoms with Crippen molar-refractivity contribution < 1.29 is 22.1 Å². The van der Waals surface area contributed by atoms with Crippen LogP contribution in [0, 0.1) is 6.92 Å². The zero-order valence-corrected chi connectivity index (χ0v) is 16.3. The summed E-state index contributed by atoms with van der Waals surface area (Å²) in [7, 11) is -3.62. The lowest BCUT2D eigenvalue weighted by Gasteiger charge is -2.22. The largest absolute Gasteiger partial charge is 0.447 e. The van der Waals surface area contributed by atoms with Crippen LogP contribution >= 0.6 is 0 Å². The van der Waals surface area contributed by atoms with Crippen molar-refractivity contribution in [3.63, 3.8) is 0 Å². The van der Waals surface area contributed by atoms with Gasteiger partial charge in [0.2, 0.25) is 0 Å². The molecule has 2 aromatic rings. The molecule has 1 aromatic carbocycles. The zero-order chi connectivity index (χ0) is 19.6. The standard InChI is InChI=1S/C19H22N2O5S/c1-13-9-17(14(2)26-27(3,23)24)20-18(10-13)21-16(12-25-19(21)22)11-15-7-5-4-6-8-15/h4-10,14,16H,11-12H2,1-3H3/t14?,16-/m0/s1. The maximum absolute atomic E-state index is 12.3. The van der Waals surface area contributed by atoms with Gasteiger partial charge < -0.3 is 4.74 Å². The van der Waals surface area contributed by atoms with Gasteiger partial charge in [0, 0.05) is 0 Å². The number of carbonyl (C=O) groups is 1. The van der Waals surface area contributed by atoms with E-state index in [1.807, 2.05) is 37.3 Å². The average Bonchev–Trinajstić information content (AvgIpc) is 2.94. The number of ether oxygens (including phenoxy) is 1. The number of rotatable bonds is 6. The van der Waals surface area contributed by atoms with E-state index >= 15 is 0 Å². The third kappa shape index (κ3) is 4.84. The summed E-state index contributed by atoms with van der Waals surface area (Å²) in [5.41, 5.74) is 2.37. The molecule has 1 aromatic heterocycles. The second-order valence-electron chi connectivity index (χ2n) is 6.66. The van der Waals surface area contributed by atoms with Gasteiger partial charge in [0.15, 0.2) is 0 Å². The van der Waals surface area contributed by atoms with E-state index in [9.17, 15) is 13.2 Å². The van der Waals surface area contributed by atoms with E-state index in [0.717, 1.165) is 17.4 Å². The first kappa shape index (κ1) is 19.3. The third-order valence-corrected chi connectivity index (χ3v) is 4.87. The molecule has 144 valence electrons. The molecule has 0 saturated carbocycles. The van der Waals surface area contributed by atoms with Crippen LogP contribution in [-0.2, 0) is 25.5 Å². The summed E-state index contributed by atoms with van der Waals surface area (Å²) in [6, 6.07) is 13.2. The summed E-state index contributed by atoms with van der Waals surface area (Å²) in [5, 5.41) is 0. The Bertz CT molecular complexity index is 930. The van der Waals surface area contributed by atoms with Gasteiger partial charge >= 0.3 is 6.09 Å². The van der Waals surface area contributed by atoms with E-state index in [-0.39, 0.29) is 12.6 Å². The Morgan fingerprint density at radius 1 is 1.30 bits per heavy atom. The van der Waals surface area contributed by atoms with Crippen molar-refractivity contribution in [2.24, 2.45) is 0 Å². The number of amides is 1. The lowest BCUT2D eigenvalue weighted by Crippen LogP contribution is -2.36. The van der Waals surface area contributed by atoms with Gasteiger partial charge in [-0.2, -0.15) is 8.42 Å². The van der Waals surface area contributed by atoms with Crippen LogP contribution < -0.4 is 4.90 Å². The second kappa shape index (κ2) is 7.66. The number of anilines is 1. The quantitative estimate of drug-likeness (QED) is 0.705. The van der Waals surface area contributed by atoms with Crippen molar-refractivity contribution in [3.8, 4) is 0 Å². The molecule has 1 unspecified atom stereocenters. The fraction of sp³-hybridized carbons (Fsp3) is 0.368. The predicted octanol–water partition coefficient (Wildman–Crippen LogP) is 3.00. The summed E-state index contributed by atoms with van der Waals surface area (Å²) >= 11 is 0. The number of benzene rings is 1. The molecular weight excluding hydrogens is 368 g/mol. The van der Waals surface area contributed by atoms with E-state index in [1.54, 1.807) is 19.1 Å². The fourth-order valence-corrected chi connectivity index (χ4v) is 3.72. The smallest absolute Gasteiger partial charge is 0.415 e. The summed E-state index contributed by atoms with van der Waals surface area (Å²) in [6.07, 6.45) is 0.405. The Hall–Kier alpha value is -2.45. The Morgan fingerprint density at radius 3 is 2.67 bits per heavy atom. The Labute approximate surface area is 159 Å². The fourth-order valence-electron chi connectivity index (χ4n) is 3.10. The highest BCUT2D eigenvalue weighted by atomic mass is 32.2. The van der Waals surface area contributed by atoms with Crippen LogP contribution in [0.5, 0.6) is 0 Å². The first-order chi connectivity index (χ1) is 12.7. The molecule has 7 nitrogen and oxygen atoms in total. The highest BCUT2D eigenvalue weighted by Crippen LogP contribution is 2.27. The predicted molar refractivity (Wildman–Crippen MR) is 101 cm³/mol. The molecule has 0 N–H and O–H groups in total. The van der Waals surface area contributed by atoms with Crippen molar-refractivity contribution in [2.75, 3.05) is 17.8 Å². The van der Waals surface area contributed by atoms with E-state index in [0.29, 0.717) is 17.9 Å². The lowest BCUT2D eigenvalue weighted by molar-refractivity contribution is 0.178. The molecule has 2 heterocycles. The number of aromatic nitrogens is 1. The molecule has 8 heteroatoms. The summed E-state index contributed by atoms with van der Waals surface area (Å²) < 4.78 is 33.1. The van der Waals surface area contributed by atoms with E-state index < -0.39 is 22.3 Å². The molecule has 0 bridgehead atoms. The first-order valence-electron chi connectivity index (χ1n) is 8.59. The Morgan fingerprint density at radius 2 is 2.00 bits per heavy atom. The van der Waals surface area contributed by atoms with Crippen molar-refractivity contribution in [1.82, 2.24) is 4.98 Å². The van der Waals surface area contributed by atoms with Crippen LogP contribution in [0.4, 0.5) is 10.6 Å². The molecular formula is C19H22N2O5S. The van der Waals surface area contributed by atoms with Crippen LogP contribution in [0.1, 0.15) is 29.8 Å². The van der Waals surface area contributed by atoms with Gasteiger partial charge in [-0.15, -0.1) is 0 Å². The van der Waals surface area contributed by atoms with E-state index in [1.165, 1.54) is 4.90 Å². The molecule has 3 rings (SSSR count). The number of carbonyl (C=O) groups excluding carboxylic acids is 1. The number of cyclic esters (lactones) is 1. The van der Waals surface area contributed by atoms with Gasteiger partial charge in [-0.1, -0.05) is 30.3 Å². The molecule has 1 aliphatic heterocycles. The minimum Gasteiger partial charge on any atom is -0.447 e. The van der Waals surface area contributed by atoms with Crippen molar-refractivity contribution in [1.29, 1.82) is 0 Å². The van der Waals surface area contributed by atoms with Gasteiger partial charge in [-0.3, -0.25) is 9.08 Å². The molecule has 1 aliphatic rings. The van der Waals surface area contributed by atoms with Gasteiger partial charge in [0.1, 0.15) is 18.5 Å². The van der Waals surface area contributed by atoms with E-state index in [4.69, 9.17) is 8.92 Å². The summed E-state index contributed by atoms with van der Waals surface area (Å²) in [6.45, 7) is 3.74. The molecule has 0 spiro atoms. The minimum absolute atomic E-state index is 0.187. The molecule has 1 saturated heterocycles. The number of pyridine rings is 1. The summed E-state index contributed by atoms with van der Waals surface area (Å²) in [5.74, 6) is 0.428. The van der Waals surface area contributed by atoms with Crippen molar-refractivity contribution in [3.05, 3.63) is 59.3 Å². The number of hydrogen-bond acceptors (Lipinski definition) is 6. The van der Waals surface area contributed by atoms with Crippen LogP contribution in [0.3, 0.4) is 0 Å². The Kier molecular flexibility index (Phi) is 5.48. The second-order valence-corrected chi connectivity index (χ2v) is 8.26. The SMILES string of the molecule is Cc1cc(C(C)OS(C)(=O)=O)nc(N2C(=O)OC[C@@H]2Cc2ccccc2)c1. The lowest BCUT2D eigenvalue weighted by atomic mass is 10.1. The van der Waals surface area contributed by atoms with Gasteiger partial charge in [-0.25, -0.2) is 9.78 Å². The summed E-state index contributed by atoms with van der Waals surface area (Å²) in [4.78, 5) is 18.3. The molecule has 27 heavy (non-hydrogen) atoms. The molecule has 2 atom stereocenters. The van der Waals surface area contributed by atoms with Crippen LogP contribution in [0.25, 0.3) is 0 Å². The Balaban J connectivity index is 1.90. The van der Waals surface area contributed by atoms with Crippen molar-refractivity contribution >= 4 is 22.0 Å². The normalized spacial score (nSPS) is 18.4. The van der Waals surface area contributed by atoms with Crippen LogP contribution in [-0.4, -0.2) is 38.4 Å². The topological polar surface area (TPSA) is 85.8 Å². The third-order valence-electron chi connectivity index (χ3n) is 4.23. The highest BCUT2D eigenvalue weighted by molar-refractivity contribution is 7.86.